The number of carbonyl (C=O) groups is 2. The zero-order valence-electron chi connectivity index (χ0n) is 16.4. The Balaban J connectivity index is 2.70. The molecule has 2 amide bonds. The molecule has 0 aromatic heterocycles. The lowest BCUT2D eigenvalue weighted by atomic mass is 9.92. The van der Waals surface area contributed by atoms with Crippen LogP contribution in [0.3, 0.4) is 0 Å². The third-order valence-corrected chi connectivity index (χ3v) is 4.47. The molecule has 0 spiro atoms. The van der Waals surface area contributed by atoms with Crippen molar-refractivity contribution in [2.45, 2.75) is 58.9 Å². The van der Waals surface area contributed by atoms with Crippen LogP contribution in [0.4, 0.5) is 0 Å². The molecular formula is C18H35N5O2. The van der Waals surface area contributed by atoms with Crippen molar-refractivity contribution < 1.29 is 9.59 Å². The number of hydrogen-bond acceptors (Lipinski definition) is 3. The largest absolute Gasteiger partial charge is 0.356 e. The van der Waals surface area contributed by atoms with E-state index in [0.717, 1.165) is 12.8 Å². The van der Waals surface area contributed by atoms with Crippen molar-refractivity contribution in [2.75, 3.05) is 33.7 Å². The lowest BCUT2D eigenvalue weighted by molar-refractivity contribution is -0.129. The summed E-state index contributed by atoms with van der Waals surface area (Å²) >= 11 is 0. The van der Waals surface area contributed by atoms with Gasteiger partial charge in [-0.2, -0.15) is 0 Å². The molecule has 1 fully saturated rings. The highest BCUT2D eigenvalue weighted by Gasteiger charge is 2.27. The average molecular weight is 354 g/mol. The fraction of sp³-hybridized carbons (Fsp3) is 0.833. The average Bonchev–Trinajstić information content (AvgIpc) is 2.58. The zero-order valence-corrected chi connectivity index (χ0v) is 16.4. The second-order valence-corrected chi connectivity index (χ2v) is 7.53. The van der Waals surface area contributed by atoms with Crippen molar-refractivity contribution in [3.05, 3.63) is 0 Å². The molecular weight excluding hydrogens is 318 g/mol. The van der Waals surface area contributed by atoms with E-state index in [4.69, 9.17) is 0 Å². The number of amides is 2. The van der Waals surface area contributed by atoms with Gasteiger partial charge in [0.05, 0.1) is 5.41 Å². The van der Waals surface area contributed by atoms with Crippen LogP contribution in [0, 0.1) is 5.41 Å². The maximum absolute atomic E-state index is 12.2. The first kappa shape index (κ1) is 21.3. The number of nitrogens with zero attached hydrogens (tertiary/aromatic N) is 2. The van der Waals surface area contributed by atoms with Gasteiger partial charge in [0.2, 0.25) is 11.8 Å². The van der Waals surface area contributed by atoms with Crippen LogP contribution in [0.15, 0.2) is 4.99 Å². The zero-order chi connectivity index (χ0) is 18.9. The minimum atomic E-state index is -0.559. The third kappa shape index (κ3) is 7.75. The van der Waals surface area contributed by atoms with E-state index in [0.29, 0.717) is 25.1 Å². The summed E-state index contributed by atoms with van der Waals surface area (Å²) in [7, 11) is 3.44. The molecule has 0 saturated heterocycles. The van der Waals surface area contributed by atoms with Crippen LogP contribution in [0.1, 0.15) is 52.9 Å². The molecule has 0 aromatic rings. The Bertz CT molecular complexity index is 468. The molecule has 1 saturated carbocycles. The van der Waals surface area contributed by atoms with Crippen molar-refractivity contribution >= 4 is 17.8 Å². The molecule has 0 unspecified atom stereocenters. The van der Waals surface area contributed by atoms with Gasteiger partial charge < -0.3 is 20.9 Å². The summed E-state index contributed by atoms with van der Waals surface area (Å²) in [5.41, 5.74) is -0.559. The summed E-state index contributed by atoms with van der Waals surface area (Å²) in [4.78, 5) is 29.9. The molecule has 7 heteroatoms. The van der Waals surface area contributed by atoms with Gasteiger partial charge in [-0.3, -0.25) is 9.59 Å². The maximum atomic E-state index is 12.2. The quantitative estimate of drug-likeness (QED) is 0.473. The minimum Gasteiger partial charge on any atom is -0.356 e. The van der Waals surface area contributed by atoms with Crippen LogP contribution in [-0.2, 0) is 9.59 Å². The van der Waals surface area contributed by atoms with E-state index in [1.54, 1.807) is 14.1 Å². The fourth-order valence-electron chi connectivity index (χ4n) is 2.67. The van der Waals surface area contributed by atoms with Crippen LogP contribution in [0.2, 0.25) is 0 Å². The van der Waals surface area contributed by atoms with E-state index in [1.807, 2.05) is 20.8 Å². The first-order valence-corrected chi connectivity index (χ1v) is 9.29. The predicted molar refractivity (Wildman–Crippen MR) is 101 cm³/mol. The molecule has 0 aliphatic heterocycles. The summed E-state index contributed by atoms with van der Waals surface area (Å²) in [6.07, 6.45) is 5.93. The molecule has 0 radical (unpaired) electrons. The van der Waals surface area contributed by atoms with E-state index < -0.39 is 5.41 Å². The van der Waals surface area contributed by atoms with Crippen molar-refractivity contribution in [1.82, 2.24) is 20.9 Å². The first-order chi connectivity index (χ1) is 11.8. The molecule has 0 heterocycles. The highest BCUT2D eigenvalue weighted by atomic mass is 16.2. The highest BCUT2D eigenvalue weighted by molar-refractivity contribution is 5.86. The van der Waals surface area contributed by atoms with Gasteiger partial charge in [0.25, 0.3) is 0 Å². The number of guanidine groups is 1. The molecule has 1 aliphatic carbocycles. The number of hydrogen-bond donors (Lipinski definition) is 3. The fourth-order valence-corrected chi connectivity index (χ4v) is 2.67. The van der Waals surface area contributed by atoms with Crippen molar-refractivity contribution in [3.8, 4) is 0 Å². The minimum absolute atomic E-state index is 0.00360. The van der Waals surface area contributed by atoms with E-state index in [2.05, 4.69) is 20.9 Å². The molecule has 3 N–H and O–H groups in total. The van der Waals surface area contributed by atoms with Gasteiger partial charge in [-0.1, -0.05) is 19.3 Å². The Labute approximate surface area is 152 Å². The van der Waals surface area contributed by atoms with E-state index in [1.165, 1.54) is 24.2 Å². The second-order valence-electron chi connectivity index (χ2n) is 7.53. The SMILES string of the molecule is CCNC(=O)C(C)(C)CNC(=NCC(=O)N(C)C)NC1CCCCC1. The van der Waals surface area contributed by atoms with Crippen LogP contribution in [0.5, 0.6) is 0 Å². The van der Waals surface area contributed by atoms with Crippen LogP contribution < -0.4 is 16.0 Å². The van der Waals surface area contributed by atoms with Crippen molar-refractivity contribution in [1.29, 1.82) is 0 Å². The molecule has 1 rings (SSSR count). The van der Waals surface area contributed by atoms with Gasteiger partial charge in [0.1, 0.15) is 6.54 Å². The summed E-state index contributed by atoms with van der Waals surface area (Å²) in [6, 6.07) is 0.377. The number of carbonyl (C=O) groups excluding carboxylic acids is 2. The van der Waals surface area contributed by atoms with Gasteiger partial charge in [0, 0.05) is 33.2 Å². The Kier molecular flexibility index (Phi) is 8.72. The first-order valence-electron chi connectivity index (χ1n) is 9.29. The normalized spacial score (nSPS) is 16.3. The summed E-state index contributed by atoms with van der Waals surface area (Å²) in [5.74, 6) is 0.566. The maximum Gasteiger partial charge on any atom is 0.243 e. The highest BCUT2D eigenvalue weighted by Crippen LogP contribution is 2.17. The molecule has 144 valence electrons. The molecule has 0 aromatic carbocycles. The van der Waals surface area contributed by atoms with E-state index in [-0.39, 0.29) is 18.4 Å². The van der Waals surface area contributed by atoms with E-state index >= 15 is 0 Å². The van der Waals surface area contributed by atoms with Gasteiger partial charge in [-0.15, -0.1) is 0 Å². The number of rotatable bonds is 7. The molecule has 0 bridgehead atoms. The second kappa shape index (κ2) is 10.3. The topological polar surface area (TPSA) is 85.8 Å². The Morgan fingerprint density at radius 3 is 2.32 bits per heavy atom. The number of aliphatic imine (C=N–C) groups is 1. The van der Waals surface area contributed by atoms with Crippen molar-refractivity contribution in [3.63, 3.8) is 0 Å². The van der Waals surface area contributed by atoms with Gasteiger partial charge >= 0.3 is 0 Å². The van der Waals surface area contributed by atoms with Gasteiger partial charge in [-0.05, 0) is 33.6 Å². The van der Waals surface area contributed by atoms with Gasteiger partial charge in [0.15, 0.2) is 5.96 Å². The Morgan fingerprint density at radius 2 is 1.76 bits per heavy atom. The summed E-state index contributed by atoms with van der Waals surface area (Å²) in [5, 5.41) is 9.53. The predicted octanol–water partition coefficient (Wildman–Crippen LogP) is 1.10. The Hall–Kier alpha value is -1.79. The standard InChI is InChI=1S/C18H35N5O2/c1-6-19-16(25)18(2,3)13-21-17(20-12-15(24)23(4)5)22-14-10-8-7-9-11-14/h14H,6-13H2,1-5H3,(H,19,25)(H2,20,21,22). The van der Waals surface area contributed by atoms with Crippen LogP contribution in [-0.4, -0.2) is 62.4 Å². The smallest absolute Gasteiger partial charge is 0.243 e. The monoisotopic (exact) mass is 353 g/mol. The van der Waals surface area contributed by atoms with Crippen molar-refractivity contribution in [2.24, 2.45) is 10.4 Å². The summed E-state index contributed by atoms with van der Waals surface area (Å²) < 4.78 is 0. The number of likely N-dealkylation sites (N-methyl/N-ethyl adjacent to an activating group) is 1. The lowest BCUT2D eigenvalue weighted by Gasteiger charge is -2.28. The molecule has 7 nitrogen and oxygen atoms in total. The Morgan fingerprint density at radius 1 is 1.12 bits per heavy atom. The molecule has 25 heavy (non-hydrogen) atoms. The molecule has 0 atom stereocenters. The van der Waals surface area contributed by atoms with Crippen LogP contribution in [0.25, 0.3) is 0 Å². The third-order valence-electron chi connectivity index (χ3n) is 4.47. The van der Waals surface area contributed by atoms with Crippen LogP contribution >= 0.6 is 0 Å². The lowest BCUT2D eigenvalue weighted by Crippen LogP contribution is -2.50. The van der Waals surface area contributed by atoms with E-state index in [9.17, 15) is 9.59 Å². The van der Waals surface area contributed by atoms with Gasteiger partial charge in [-0.25, -0.2) is 4.99 Å². The molecule has 1 aliphatic rings. The number of nitrogens with one attached hydrogen (secondary N) is 3. The summed E-state index contributed by atoms with van der Waals surface area (Å²) in [6.45, 7) is 6.86.